The van der Waals surface area contributed by atoms with E-state index in [2.05, 4.69) is 15.4 Å². The van der Waals surface area contributed by atoms with Crippen LogP contribution in [0.4, 0.5) is 11.5 Å². The molecule has 0 fully saturated rings. The number of nitrogens with one attached hydrogen (secondary N) is 1. The molecule has 0 saturated heterocycles. The Labute approximate surface area is 101 Å². The van der Waals surface area contributed by atoms with E-state index in [4.69, 9.17) is 5.73 Å². The summed E-state index contributed by atoms with van der Waals surface area (Å²) in [6, 6.07) is 3.93. The minimum Gasteiger partial charge on any atom is -0.397 e. The molecule has 0 aliphatic carbocycles. The summed E-state index contributed by atoms with van der Waals surface area (Å²) in [6.07, 6.45) is 4.49. The first-order chi connectivity index (χ1) is 8.15. The molecule has 0 aliphatic rings. The summed E-state index contributed by atoms with van der Waals surface area (Å²) in [5.41, 5.74) is 8.48. The maximum atomic E-state index is 5.65. The maximum Gasteiger partial charge on any atom is 0.129 e. The van der Waals surface area contributed by atoms with E-state index < -0.39 is 0 Å². The molecule has 0 amide bonds. The van der Waals surface area contributed by atoms with Crippen molar-refractivity contribution in [3.05, 3.63) is 35.8 Å². The van der Waals surface area contributed by atoms with Gasteiger partial charge in [0.2, 0.25) is 0 Å². The fourth-order valence-corrected chi connectivity index (χ4v) is 1.69. The van der Waals surface area contributed by atoms with Crippen molar-refractivity contribution in [2.45, 2.75) is 13.3 Å². The molecular formula is C12H17N5. The van der Waals surface area contributed by atoms with Crippen LogP contribution in [0.15, 0.2) is 24.5 Å². The van der Waals surface area contributed by atoms with Crippen LogP contribution in [0.25, 0.3) is 0 Å². The van der Waals surface area contributed by atoms with Crippen molar-refractivity contribution in [2.24, 2.45) is 7.05 Å². The first-order valence-electron chi connectivity index (χ1n) is 5.59. The Balaban J connectivity index is 1.90. The predicted molar refractivity (Wildman–Crippen MR) is 68.8 cm³/mol. The summed E-state index contributed by atoms with van der Waals surface area (Å²) < 4.78 is 1.81. The lowest BCUT2D eigenvalue weighted by Gasteiger charge is -2.07. The summed E-state index contributed by atoms with van der Waals surface area (Å²) in [4.78, 5) is 4.25. The number of aryl methyl sites for hydroxylation is 2. The number of hydrogen-bond acceptors (Lipinski definition) is 4. The second-order valence-corrected chi connectivity index (χ2v) is 4.09. The Bertz CT molecular complexity index is 503. The molecule has 2 aromatic rings. The Hall–Kier alpha value is -2.04. The van der Waals surface area contributed by atoms with Crippen LogP contribution in [0.3, 0.4) is 0 Å². The molecular weight excluding hydrogens is 214 g/mol. The highest BCUT2D eigenvalue weighted by molar-refractivity contribution is 5.50. The van der Waals surface area contributed by atoms with Crippen LogP contribution in [0, 0.1) is 6.92 Å². The second-order valence-electron chi connectivity index (χ2n) is 4.09. The lowest BCUT2D eigenvalue weighted by Crippen LogP contribution is -2.08. The van der Waals surface area contributed by atoms with Gasteiger partial charge in [-0.25, -0.2) is 4.98 Å². The third-order valence-corrected chi connectivity index (χ3v) is 2.54. The van der Waals surface area contributed by atoms with Crippen molar-refractivity contribution in [1.82, 2.24) is 14.8 Å². The third-order valence-electron chi connectivity index (χ3n) is 2.54. The minimum atomic E-state index is 0.692. The predicted octanol–water partition coefficient (Wildman–Crippen LogP) is 1.36. The van der Waals surface area contributed by atoms with Gasteiger partial charge in [-0.05, 0) is 24.6 Å². The van der Waals surface area contributed by atoms with E-state index in [1.165, 1.54) is 0 Å². The van der Waals surface area contributed by atoms with Gasteiger partial charge in [-0.3, -0.25) is 4.68 Å². The maximum absolute atomic E-state index is 5.65. The molecule has 0 bridgehead atoms. The fraction of sp³-hybridized carbons (Fsp3) is 0.333. The van der Waals surface area contributed by atoms with E-state index in [1.54, 1.807) is 6.20 Å². The number of nitrogens with zero attached hydrogens (tertiary/aromatic N) is 3. The number of hydrogen-bond donors (Lipinski definition) is 2. The van der Waals surface area contributed by atoms with Crippen LogP contribution in [0.1, 0.15) is 11.3 Å². The first-order valence-corrected chi connectivity index (χ1v) is 5.59. The molecule has 0 saturated carbocycles. The molecule has 17 heavy (non-hydrogen) atoms. The summed E-state index contributed by atoms with van der Waals surface area (Å²) in [6.45, 7) is 2.81. The van der Waals surface area contributed by atoms with Gasteiger partial charge in [0.1, 0.15) is 5.82 Å². The Morgan fingerprint density at radius 3 is 2.94 bits per heavy atom. The topological polar surface area (TPSA) is 68.8 Å². The molecule has 2 rings (SSSR count). The minimum absolute atomic E-state index is 0.692. The lowest BCUT2D eigenvalue weighted by molar-refractivity contribution is 0.742. The number of anilines is 2. The van der Waals surface area contributed by atoms with Gasteiger partial charge in [-0.2, -0.15) is 5.10 Å². The summed E-state index contributed by atoms with van der Waals surface area (Å²) >= 11 is 0. The Morgan fingerprint density at radius 2 is 2.29 bits per heavy atom. The SMILES string of the molecule is Cc1cc(N)cnc1NCCc1ccn(C)n1. The van der Waals surface area contributed by atoms with E-state index >= 15 is 0 Å². The van der Waals surface area contributed by atoms with Crippen LogP contribution < -0.4 is 11.1 Å². The van der Waals surface area contributed by atoms with E-state index in [0.717, 1.165) is 30.0 Å². The van der Waals surface area contributed by atoms with Gasteiger partial charge in [0.25, 0.3) is 0 Å². The van der Waals surface area contributed by atoms with Crippen molar-refractivity contribution in [3.8, 4) is 0 Å². The van der Waals surface area contributed by atoms with Crippen molar-refractivity contribution in [1.29, 1.82) is 0 Å². The zero-order valence-electron chi connectivity index (χ0n) is 10.1. The largest absolute Gasteiger partial charge is 0.397 e. The number of rotatable bonds is 4. The quantitative estimate of drug-likeness (QED) is 0.833. The molecule has 0 aromatic carbocycles. The van der Waals surface area contributed by atoms with Gasteiger partial charge in [0.15, 0.2) is 0 Å². The van der Waals surface area contributed by atoms with Crippen molar-refractivity contribution in [2.75, 3.05) is 17.6 Å². The van der Waals surface area contributed by atoms with E-state index in [1.807, 2.05) is 37.0 Å². The Kier molecular flexibility index (Phi) is 3.27. The third kappa shape index (κ3) is 2.96. The number of nitrogen functional groups attached to an aromatic ring is 1. The molecule has 0 radical (unpaired) electrons. The van der Waals surface area contributed by atoms with Crippen LogP contribution in [0.5, 0.6) is 0 Å². The zero-order chi connectivity index (χ0) is 12.3. The van der Waals surface area contributed by atoms with Gasteiger partial charge >= 0.3 is 0 Å². The molecule has 2 aromatic heterocycles. The highest BCUT2D eigenvalue weighted by Crippen LogP contribution is 2.13. The average molecular weight is 231 g/mol. The van der Waals surface area contributed by atoms with Crippen LogP contribution in [-0.4, -0.2) is 21.3 Å². The molecule has 90 valence electrons. The zero-order valence-corrected chi connectivity index (χ0v) is 10.1. The molecule has 3 N–H and O–H groups in total. The van der Waals surface area contributed by atoms with Gasteiger partial charge in [-0.15, -0.1) is 0 Å². The molecule has 5 heteroatoms. The number of pyridine rings is 1. The Morgan fingerprint density at radius 1 is 1.47 bits per heavy atom. The normalized spacial score (nSPS) is 10.5. The molecule has 0 atom stereocenters. The summed E-state index contributed by atoms with van der Waals surface area (Å²) in [5, 5.41) is 7.60. The van der Waals surface area contributed by atoms with Gasteiger partial charge < -0.3 is 11.1 Å². The molecule has 5 nitrogen and oxygen atoms in total. The molecule has 0 aliphatic heterocycles. The first kappa shape index (κ1) is 11.4. The van der Waals surface area contributed by atoms with Gasteiger partial charge in [0.05, 0.1) is 17.6 Å². The van der Waals surface area contributed by atoms with Crippen LogP contribution in [-0.2, 0) is 13.5 Å². The smallest absolute Gasteiger partial charge is 0.129 e. The van der Waals surface area contributed by atoms with E-state index in [0.29, 0.717) is 5.69 Å². The summed E-state index contributed by atoms with van der Waals surface area (Å²) in [7, 11) is 1.92. The van der Waals surface area contributed by atoms with Crippen molar-refractivity contribution >= 4 is 11.5 Å². The van der Waals surface area contributed by atoms with Crippen molar-refractivity contribution in [3.63, 3.8) is 0 Å². The number of aromatic nitrogens is 3. The van der Waals surface area contributed by atoms with Crippen LogP contribution in [0.2, 0.25) is 0 Å². The van der Waals surface area contributed by atoms with Gasteiger partial charge in [-0.1, -0.05) is 0 Å². The molecule has 2 heterocycles. The summed E-state index contributed by atoms with van der Waals surface area (Å²) in [5.74, 6) is 0.884. The highest BCUT2D eigenvalue weighted by Gasteiger charge is 2.01. The lowest BCUT2D eigenvalue weighted by atomic mass is 10.2. The van der Waals surface area contributed by atoms with E-state index in [-0.39, 0.29) is 0 Å². The van der Waals surface area contributed by atoms with Crippen molar-refractivity contribution < 1.29 is 0 Å². The molecule has 0 spiro atoms. The average Bonchev–Trinajstić information content (AvgIpc) is 2.68. The monoisotopic (exact) mass is 231 g/mol. The fourth-order valence-electron chi connectivity index (χ4n) is 1.69. The highest BCUT2D eigenvalue weighted by atomic mass is 15.2. The molecule has 0 unspecified atom stereocenters. The second kappa shape index (κ2) is 4.86. The standard InChI is InChI=1S/C12H17N5/c1-9-7-10(13)8-15-12(9)14-5-3-11-4-6-17(2)16-11/h4,6-8H,3,5,13H2,1-2H3,(H,14,15). The van der Waals surface area contributed by atoms with Gasteiger partial charge in [0, 0.05) is 26.2 Å². The van der Waals surface area contributed by atoms with E-state index in [9.17, 15) is 0 Å². The number of nitrogens with two attached hydrogens (primary N) is 1. The van der Waals surface area contributed by atoms with Crippen LogP contribution >= 0.6 is 0 Å².